The second kappa shape index (κ2) is 3.83. The van der Waals surface area contributed by atoms with E-state index in [4.69, 9.17) is 5.11 Å². The van der Waals surface area contributed by atoms with Crippen LogP contribution in [0.15, 0.2) is 4.52 Å². The van der Waals surface area contributed by atoms with E-state index in [1.54, 1.807) is 0 Å². The number of hydrogen-bond donors (Lipinski definition) is 2. The summed E-state index contributed by atoms with van der Waals surface area (Å²) in [6, 6.07) is 0. The minimum atomic E-state index is -4.96. The fourth-order valence-electron chi connectivity index (χ4n) is 0.967. The van der Waals surface area contributed by atoms with E-state index in [0.717, 1.165) is 0 Å². The van der Waals surface area contributed by atoms with E-state index in [1.807, 2.05) is 0 Å². The highest BCUT2D eigenvalue weighted by Gasteiger charge is 2.34. The predicted octanol–water partition coefficient (Wildman–Crippen LogP) is 0.931. The van der Waals surface area contributed by atoms with Gasteiger partial charge in [0, 0.05) is 0 Å². The number of aryl methyl sites for hydroxylation is 1. The van der Waals surface area contributed by atoms with Crippen molar-refractivity contribution in [3.05, 3.63) is 17.0 Å². The highest BCUT2D eigenvalue weighted by atomic mass is 19.4. The number of hydrogen-bond acceptors (Lipinski definition) is 4. The molecule has 0 atom stereocenters. The molecule has 0 bridgehead atoms. The molecule has 6 nitrogen and oxygen atoms in total. The highest BCUT2D eigenvalue weighted by Crippen LogP contribution is 2.16. The summed E-state index contributed by atoms with van der Waals surface area (Å²) in [6.45, 7) is 1.17. The normalized spacial score (nSPS) is 11.2. The Balaban J connectivity index is 3.05. The fourth-order valence-corrected chi connectivity index (χ4v) is 0.967. The second-order valence-electron chi connectivity index (χ2n) is 2.72. The van der Waals surface area contributed by atoms with Crippen LogP contribution in [-0.4, -0.2) is 28.4 Å². The van der Waals surface area contributed by atoms with E-state index in [9.17, 15) is 22.8 Å². The summed E-state index contributed by atoms with van der Waals surface area (Å²) in [5.41, 5.74) is -1.61. The third-order valence-electron chi connectivity index (χ3n) is 1.55. The Kier molecular flexibility index (Phi) is 2.88. The number of carbonyl (C=O) groups is 2. The molecule has 1 rings (SSSR count). The Morgan fingerprint density at radius 3 is 2.44 bits per heavy atom. The third-order valence-corrected chi connectivity index (χ3v) is 1.55. The van der Waals surface area contributed by atoms with Crippen molar-refractivity contribution < 1.29 is 32.4 Å². The summed E-state index contributed by atoms with van der Waals surface area (Å²) < 4.78 is 39.7. The van der Waals surface area contributed by atoms with Gasteiger partial charge >= 0.3 is 12.3 Å². The van der Waals surface area contributed by atoms with Gasteiger partial charge < -0.3 is 9.63 Å². The number of nitrogens with zero attached hydrogens (tertiary/aromatic N) is 1. The SMILES string of the molecule is Cc1onc(C(=O)NC(F)(F)F)c1C(=O)O. The summed E-state index contributed by atoms with van der Waals surface area (Å²) >= 11 is 0. The Bertz CT molecular complexity index is 437. The standard InChI is InChI=1S/C7H5F3N2O4/c1-2-3(6(14)15)4(12-16-2)5(13)11-7(8,9)10/h1H3,(H,11,13)(H,14,15). The molecule has 0 unspecified atom stereocenters. The average Bonchev–Trinajstić information content (AvgIpc) is 2.43. The molecule has 1 heterocycles. The molecule has 0 saturated heterocycles. The molecular formula is C7H5F3N2O4. The molecule has 88 valence electrons. The molecule has 0 aromatic carbocycles. The molecular weight excluding hydrogens is 233 g/mol. The molecule has 2 N–H and O–H groups in total. The first-order valence-corrected chi connectivity index (χ1v) is 3.81. The monoisotopic (exact) mass is 238 g/mol. The number of alkyl halides is 3. The average molecular weight is 238 g/mol. The van der Waals surface area contributed by atoms with Crippen LogP contribution < -0.4 is 5.32 Å². The van der Waals surface area contributed by atoms with Crippen LogP contribution in [0, 0.1) is 6.92 Å². The molecule has 0 aliphatic heterocycles. The number of carboxylic acids is 1. The van der Waals surface area contributed by atoms with Crippen molar-refractivity contribution in [1.29, 1.82) is 0 Å². The molecule has 0 saturated carbocycles. The number of rotatable bonds is 2. The lowest BCUT2D eigenvalue weighted by Crippen LogP contribution is -2.38. The van der Waals surface area contributed by atoms with Crippen molar-refractivity contribution in [2.45, 2.75) is 13.2 Å². The Labute approximate surface area is 86.0 Å². The van der Waals surface area contributed by atoms with Gasteiger partial charge in [-0.3, -0.25) is 10.1 Å². The van der Waals surface area contributed by atoms with Crippen molar-refractivity contribution in [1.82, 2.24) is 10.5 Å². The van der Waals surface area contributed by atoms with Gasteiger partial charge in [0.05, 0.1) is 0 Å². The lowest BCUT2D eigenvalue weighted by Gasteiger charge is -2.06. The lowest BCUT2D eigenvalue weighted by molar-refractivity contribution is -0.146. The summed E-state index contributed by atoms with van der Waals surface area (Å²) in [4.78, 5) is 21.6. The van der Waals surface area contributed by atoms with E-state index in [2.05, 4.69) is 9.68 Å². The van der Waals surface area contributed by atoms with Gasteiger partial charge in [0.15, 0.2) is 5.69 Å². The summed E-state index contributed by atoms with van der Waals surface area (Å²) in [5, 5.41) is 12.2. The van der Waals surface area contributed by atoms with Gasteiger partial charge in [-0.25, -0.2) is 4.79 Å². The number of nitrogens with one attached hydrogen (secondary N) is 1. The highest BCUT2D eigenvalue weighted by molar-refractivity contribution is 6.03. The lowest BCUT2D eigenvalue weighted by atomic mass is 10.2. The van der Waals surface area contributed by atoms with Crippen LogP contribution in [0.3, 0.4) is 0 Å². The number of aromatic nitrogens is 1. The fraction of sp³-hybridized carbons (Fsp3) is 0.286. The number of aromatic carboxylic acids is 1. The van der Waals surface area contributed by atoms with Gasteiger partial charge in [-0.1, -0.05) is 5.16 Å². The maximum atomic E-state index is 11.8. The van der Waals surface area contributed by atoms with Gasteiger partial charge in [-0.2, -0.15) is 13.2 Å². The van der Waals surface area contributed by atoms with E-state index in [1.165, 1.54) is 6.92 Å². The van der Waals surface area contributed by atoms with Gasteiger partial charge in [0.25, 0.3) is 5.91 Å². The summed E-state index contributed by atoms with van der Waals surface area (Å²) in [7, 11) is 0. The van der Waals surface area contributed by atoms with Crippen molar-refractivity contribution in [3.63, 3.8) is 0 Å². The quantitative estimate of drug-likeness (QED) is 0.747. The molecule has 0 aliphatic rings. The predicted molar refractivity (Wildman–Crippen MR) is 41.7 cm³/mol. The first-order valence-electron chi connectivity index (χ1n) is 3.81. The van der Waals surface area contributed by atoms with Crippen molar-refractivity contribution >= 4 is 11.9 Å². The van der Waals surface area contributed by atoms with E-state index in [0.29, 0.717) is 5.32 Å². The van der Waals surface area contributed by atoms with Gasteiger partial charge in [-0.05, 0) is 6.92 Å². The van der Waals surface area contributed by atoms with E-state index < -0.39 is 29.4 Å². The zero-order valence-electron chi connectivity index (χ0n) is 7.75. The van der Waals surface area contributed by atoms with Crippen molar-refractivity contribution in [3.8, 4) is 0 Å². The molecule has 16 heavy (non-hydrogen) atoms. The maximum absolute atomic E-state index is 11.8. The summed E-state index contributed by atoms with van der Waals surface area (Å²) in [5.74, 6) is -3.52. The Morgan fingerprint density at radius 1 is 1.44 bits per heavy atom. The van der Waals surface area contributed by atoms with Crippen LogP contribution in [0.4, 0.5) is 13.2 Å². The van der Waals surface area contributed by atoms with Crippen LogP contribution in [-0.2, 0) is 0 Å². The molecule has 0 aliphatic carbocycles. The summed E-state index contributed by atoms with van der Waals surface area (Å²) in [6.07, 6.45) is -4.96. The van der Waals surface area contributed by atoms with Crippen LogP contribution in [0.2, 0.25) is 0 Å². The third kappa shape index (κ3) is 2.49. The van der Waals surface area contributed by atoms with Crippen molar-refractivity contribution in [2.75, 3.05) is 0 Å². The van der Waals surface area contributed by atoms with Crippen molar-refractivity contribution in [2.24, 2.45) is 0 Å². The number of carboxylic acid groups (broad SMARTS) is 1. The smallest absolute Gasteiger partial charge is 0.477 e. The minimum Gasteiger partial charge on any atom is -0.477 e. The van der Waals surface area contributed by atoms with Crippen LogP contribution in [0.5, 0.6) is 0 Å². The molecule has 0 radical (unpaired) electrons. The molecule has 0 spiro atoms. The van der Waals surface area contributed by atoms with Crippen LogP contribution >= 0.6 is 0 Å². The van der Waals surface area contributed by atoms with Gasteiger partial charge in [0.2, 0.25) is 0 Å². The zero-order valence-corrected chi connectivity index (χ0v) is 7.75. The second-order valence-corrected chi connectivity index (χ2v) is 2.72. The Hall–Kier alpha value is -2.06. The minimum absolute atomic E-state index is 0.250. The van der Waals surface area contributed by atoms with E-state index >= 15 is 0 Å². The topological polar surface area (TPSA) is 92.4 Å². The zero-order chi connectivity index (χ0) is 12.5. The molecule has 9 heteroatoms. The first-order chi connectivity index (χ1) is 7.22. The Morgan fingerprint density at radius 2 is 2.00 bits per heavy atom. The van der Waals surface area contributed by atoms with Gasteiger partial charge in [-0.15, -0.1) is 0 Å². The first kappa shape index (κ1) is 12.0. The molecule has 1 aromatic rings. The molecule has 1 amide bonds. The molecule has 1 aromatic heterocycles. The molecule has 0 fully saturated rings. The van der Waals surface area contributed by atoms with Crippen LogP contribution in [0.25, 0.3) is 0 Å². The number of amides is 1. The number of carbonyl (C=O) groups excluding carboxylic acids is 1. The largest absolute Gasteiger partial charge is 0.484 e. The van der Waals surface area contributed by atoms with Crippen LogP contribution in [0.1, 0.15) is 26.6 Å². The maximum Gasteiger partial charge on any atom is 0.484 e. The van der Waals surface area contributed by atoms with E-state index in [-0.39, 0.29) is 5.76 Å². The number of halogens is 3. The van der Waals surface area contributed by atoms with Gasteiger partial charge in [0.1, 0.15) is 11.3 Å².